The molecule has 1 fully saturated rings. The number of hydrogen-bond acceptors (Lipinski definition) is 5. The van der Waals surface area contributed by atoms with E-state index in [2.05, 4.69) is 9.71 Å². The van der Waals surface area contributed by atoms with Gasteiger partial charge in [0.2, 0.25) is 10.0 Å². The third kappa shape index (κ3) is 5.54. The number of guanidine groups is 1. The molecular formula is C20H34N4O5S. The Morgan fingerprint density at radius 1 is 1.33 bits per heavy atom. The second-order valence-corrected chi connectivity index (χ2v) is 10.5. The number of carboxylic acids is 1. The lowest BCUT2D eigenvalue weighted by Crippen LogP contribution is -2.40. The van der Waals surface area contributed by atoms with E-state index in [1.165, 1.54) is 0 Å². The van der Waals surface area contributed by atoms with E-state index in [0.717, 1.165) is 17.8 Å². The molecule has 0 aromatic carbocycles. The average molecular weight is 443 g/mol. The Bertz CT molecular complexity index is 885. The number of carboxylic acid groups (broad SMARTS) is 1. The summed E-state index contributed by atoms with van der Waals surface area (Å²) >= 11 is 0. The number of nitrogens with two attached hydrogens (primary N) is 2. The number of allylic oxidation sites excluding steroid dienone is 4. The van der Waals surface area contributed by atoms with Gasteiger partial charge in [0.15, 0.2) is 5.96 Å². The molecule has 0 aromatic heterocycles. The van der Waals surface area contributed by atoms with Gasteiger partial charge in [-0.3, -0.25) is 9.79 Å². The van der Waals surface area contributed by atoms with Crippen LogP contribution < -0.4 is 16.2 Å². The summed E-state index contributed by atoms with van der Waals surface area (Å²) in [5.41, 5.74) is 11.7. The van der Waals surface area contributed by atoms with Crippen LogP contribution in [0.4, 0.5) is 0 Å². The molecule has 9 nitrogen and oxygen atoms in total. The van der Waals surface area contributed by atoms with Gasteiger partial charge in [0.05, 0.1) is 11.3 Å². The minimum absolute atomic E-state index is 0.0185. The summed E-state index contributed by atoms with van der Waals surface area (Å²) in [5.74, 6) is -0.549. The van der Waals surface area contributed by atoms with Crippen LogP contribution in [0.2, 0.25) is 0 Å². The second kappa shape index (κ2) is 8.97. The Balaban J connectivity index is 2.27. The minimum atomic E-state index is -3.90. The first-order valence-corrected chi connectivity index (χ1v) is 11.6. The van der Waals surface area contributed by atoms with Crippen LogP contribution >= 0.6 is 0 Å². The van der Waals surface area contributed by atoms with E-state index in [-0.39, 0.29) is 29.8 Å². The number of aliphatic carboxylic acids is 1. The molecule has 6 N–H and O–H groups in total. The molecule has 0 bridgehead atoms. The number of fused-ring (bicyclic) bond motifs is 1. The van der Waals surface area contributed by atoms with Crippen molar-refractivity contribution in [3.63, 3.8) is 0 Å². The van der Waals surface area contributed by atoms with Gasteiger partial charge in [-0.2, -0.15) is 0 Å². The molecule has 2 aliphatic rings. The zero-order chi connectivity index (χ0) is 22.9. The standard InChI is InChI=1S/C20H34N4O5S/c1-11-12(2)18(13(3)15-10-20(4,5)29-17(11)15)30(27,28)24-14(9-16(25)26)7-6-8-23-19(21)22/h13-15,24H,6-10H2,1-5H3,(H,25,26)(H4,21,22,23)/t13?,14-,15?/m0/s1. The van der Waals surface area contributed by atoms with Crippen molar-refractivity contribution in [2.45, 2.75) is 71.9 Å². The predicted molar refractivity (Wildman–Crippen MR) is 116 cm³/mol. The zero-order valence-electron chi connectivity index (χ0n) is 18.4. The molecule has 2 unspecified atom stereocenters. The summed E-state index contributed by atoms with van der Waals surface area (Å²) in [6, 6.07) is -0.754. The molecule has 1 saturated heterocycles. The van der Waals surface area contributed by atoms with E-state index in [0.29, 0.717) is 29.9 Å². The van der Waals surface area contributed by atoms with E-state index in [9.17, 15) is 18.3 Å². The molecule has 1 heterocycles. The van der Waals surface area contributed by atoms with Crippen LogP contribution in [-0.4, -0.2) is 43.6 Å². The van der Waals surface area contributed by atoms with Crippen LogP contribution in [0.15, 0.2) is 26.8 Å². The maximum Gasteiger partial charge on any atom is 0.304 e. The summed E-state index contributed by atoms with van der Waals surface area (Å²) < 4.78 is 35.4. The SMILES string of the molecule is CC1=C2OC(C)(C)CC2C(C)C(S(=O)(=O)N[C@@H](CCCN=C(N)N)CC(=O)O)=C1C. The van der Waals surface area contributed by atoms with Crippen LogP contribution in [0.25, 0.3) is 0 Å². The lowest BCUT2D eigenvalue weighted by atomic mass is 9.79. The lowest BCUT2D eigenvalue weighted by Gasteiger charge is -2.31. The van der Waals surface area contributed by atoms with Crippen molar-refractivity contribution in [1.29, 1.82) is 0 Å². The van der Waals surface area contributed by atoms with Crippen LogP contribution in [-0.2, 0) is 19.6 Å². The van der Waals surface area contributed by atoms with E-state index in [1.54, 1.807) is 6.92 Å². The molecule has 0 saturated carbocycles. The fourth-order valence-corrected chi connectivity index (χ4v) is 6.35. The smallest absolute Gasteiger partial charge is 0.304 e. The van der Waals surface area contributed by atoms with Crippen LogP contribution in [0.5, 0.6) is 0 Å². The molecule has 0 amide bonds. The monoisotopic (exact) mass is 442 g/mol. The summed E-state index contributed by atoms with van der Waals surface area (Å²) in [5, 5.41) is 9.22. The Morgan fingerprint density at radius 3 is 2.53 bits per heavy atom. The molecule has 30 heavy (non-hydrogen) atoms. The van der Waals surface area contributed by atoms with E-state index >= 15 is 0 Å². The van der Waals surface area contributed by atoms with Gasteiger partial charge in [-0.1, -0.05) is 6.92 Å². The summed E-state index contributed by atoms with van der Waals surface area (Å²) in [6.45, 7) is 9.86. The van der Waals surface area contributed by atoms with Gasteiger partial charge in [-0.25, -0.2) is 13.1 Å². The van der Waals surface area contributed by atoms with Crippen molar-refractivity contribution >= 4 is 22.0 Å². The molecular weight excluding hydrogens is 408 g/mol. The number of ether oxygens (including phenoxy) is 1. The summed E-state index contributed by atoms with van der Waals surface area (Å²) in [7, 11) is -3.90. The number of carbonyl (C=O) groups is 1. The first-order chi connectivity index (χ1) is 13.7. The van der Waals surface area contributed by atoms with Crippen LogP contribution in [0.1, 0.15) is 60.3 Å². The highest BCUT2D eigenvalue weighted by atomic mass is 32.2. The quantitative estimate of drug-likeness (QED) is 0.241. The van der Waals surface area contributed by atoms with Crippen molar-refractivity contribution < 1.29 is 23.1 Å². The normalized spacial score (nSPS) is 24.3. The van der Waals surface area contributed by atoms with Gasteiger partial charge in [-0.15, -0.1) is 0 Å². The van der Waals surface area contributed by atoms with Gasteiger partial charge in [0.25, 0.3) is 0 Å². The largest absolute Gasteiger partial charge is 0.492 e. The fraction of sp³-hybridized carbons (Fsp3) is 0.700. The Hall–Kier alpha value is -2.07. The maximum absolute atomic E-state index is 13.3. The molecule has 10 heteroatoms. The van der Waals surface area contributed by atoms with Crippen molar-refractivity contribution in [3.8, 4) is 0 Å². The topological polar surface area (TPSA) is 157 Å². The molecule has 1 aliphatic carbocycles. The third-order valence-electron chi connectivity index (χ3n) is 5.79. The zero-order valence-corrected chi connectivity index (χ0v) is 19.2. The number of hydrogen-bond donors (Lipinski definition) is 4. The van der Waals surface area contributed by atoms with E-state index in [4.69, 9.17) is 16.2 Å². The number of rotatable bonds is 9. The summed E-state index contributed by atoms with van der Waals surface area (Å²) in [4.78, 5) is 15.5. The van der Waals surface area contributed by atoms with Crippen molar-refractivity contribution in [1.82, 2.24) is 4.72 Å². The van der Waals surface area contributed by atoms with Crippen LogP contribution in [0, 0.1) is 11.8 Å². The number of aliphatic imine (C=N–C) groups is 1. The molecule has 0 radical (unpaired) electrons. The van der Waals surface area contributed by atoms with E-state index < -0.39 is 22.0 Å². The highest BCUT2D eigenvalue weighted by Crippen LogP contribution is 2.50. The molecule has 0 aromatic rings. The predicted octanol–water partition coefficient (Wildman–Crippen LogP) is 1.82. The number of sulfonamides is 1. The minimum Gasteiger partial charge on any atom is -0.492 e. The molecule has 1 aliphatic heterocycles. The molecule has 2 rings (SSSR count). The average Bonchev–Trinajstić information content (AvgIpc) is 2.91. The van der Waals surface area contributed by atoms with Gasteiger partial charge in [0.1, 0.15) is 11.4 Å². The highest BCUT2D eigenvalue weighted by molar-refractivity contribution is 7.93. The van der Waals surface area contributed by atoms with E-state index in [1.807, 2.05) is 27.7 Å². The number of nitrogens with zero attached hydrogens (tertiary/aromatic N) is 1. The molecule has 170 valence electrons. The first kappa shape index (κ1) is 24.2. The Morgan fingerprint density at radius 2 is 1.97 bits per heavy atom. The molecule has 0 spiro atoms. The van der Waals surface area contributed by atoms with Crippen molar-refractivity contribution in [2.75, 3.05) is 6.54 Å². The Labute approximate surface area is 178 Å². The third-order valence-corrected chi connectivity index (χ3v) is 7.69. The first-order valence-electron chi connectivity index (χ1n) is 10.2. The van der Waals surface area contributed by atoms with Crippen LogP contribution in [0.3, 0.4) is 0 Å². The van der Waals surface area contributed by atoms with Gasteiger partial charge in [0, 0.05) is 24.4 Å². The maximum atomic E-state index is 13.3. The molecule has 3 atom stereocenters. The fourth-order valence-electron chi connectivity index (χ4n) is 4.38. The van der Waals surface area contributed by atoms with Crippen molar-refractivity contribution in [3.05, 3.63) is 21.8 Å². The Kier molecular flexibility index (Phi) is 7.24. The lowest BCUT2D eigenvalue weighted by molar-refractivity contribution is -0.137. The van der Waals surface area contributed by atoms with Crippen molar-refractivity contribution in [2.24, 2.45) is 28.3 Å². The number of nitrogens with one attached hydrogen (secondary N) is 1. The highest BCUT2D eigenvalue weighted by Gasteiger charge is 2.47. The van der Waals surface area contributed by atoms with Gasteiger partial charge >= 0.3 is 5.97 Å². The van der Waals surface area contributed by atoms with Gasteiger partial charge in [-0.05, 0) is 58.1 Å². The second-order valence-electron chi connectivity index (χ2n) is 8.80. The summed E-state index contributed by atoms with van der Waals surface area (Å²) in [6.07, 6.45) is 1.17. The van der Waals surface area contributed by atoms with Gasteiger partial charge < -0.3 is 21.3 Å².